The van der Waals surface area contributed by atoms with Crippen LogP contribution in [0.15, 0.2) is 0 Å². The van der Waals surface area contributed by atoms with Crippen LogP contribution in [0.1, 0.15) is 40.0 Å². The van der Waals surface area contributed by atoms with E-state index in [-0.39, 0.29) is 5.60 Å². The minimum Gasteiger partial charge on any atom is -0.372 e. The van der Waals surface area contributed by atoms with Gasteiger partial charge in [0.05, 0.1) is 12.2 Å². The Morgan fingerprint density at radius 3 is 2.62 bits per heavy atom. The van der Waals surface area contributed by atoms with Gasteiger partial charge in [-0.3, -0.25) is 0 Å². The third-order valence-corrected chi connectivity index (χ3v) is 4.66. The molecule has 0 saturated carbocycles. The van der Waals surface area contributed by atoms with Gasteiger partial charge in [-0.05, 0) is 36.2 Å². The molecule has 1 N–H and O–H groups in total. The molecular formula is C13H25NOS. The van der Waals surface area contributed by atoms with Gasteiger partial charge in [0.1, 0.15) is 0 Å². The Hall–Kier alpha value is 0.270. The van der Waals surface area contributed by atoms with E-state index in [9.17, 15) is 0 Å². The van der Waals surface area contributed by atoms with Crippen LogP contribution >= 0.6 is 11.8 Å². The van der Waals surface area contributed by atoms with Crippen LogP contribution in [0.4, 0.5) is 0 Å². The molecule has 2 saturated heterocycles. The maximum atomic E-state index is 6.19. The van der Waals surface area contributed by atoms with Crippen LogP contribution < -0.4 is 5.32 Å². The quantitative estimate of drug-likeness (QED) is 0.765. The van der Waals surface area contributed by atoms with Gasteiger partial charge in [-0.25, -0.2) is 0 Å². The van der Waals surface area contributed by atoms with E-state index >= 15 is 0 Å². The highest BCUT2D eigenvalue weighted by molar-refractivity contribution is 7.99. The lowest BCUT2D eigenvalue weighted by Gasteiger charge is -2.48. The molecule has 2 rings (SSSR count). The standard InChI is InChI=1S/C13H25NOS/c1-12(2,3)10-11-13(15-7-6-14-11)4-8-16-9-5-13/h11,14H,4-10H2,1-3H3. The van der Waals surface area contributed by atoms with Gasteiger partial charge >= 0.3 is 0 Å². The van der Waals surface area contributed by atoms with Crippen molar-refractivity contribution >= 4 is 11.8 Å². The summed E-state index contributed by atoms with van der Waals surface area (Å²) in [5.41, 5.74) is 0.534. The van der Waals surface area contributed by atoms with E-state index in [1.54, 1.807) is 0 Å². The third-order valence-electron chi connectivity index (χ3n) is 3.67. The maximum absolute atomic E-state index is 6.19. The predicted octanol–water partition coefficient (Wildman–Crippen LogP) is 2.68. The summed E-state index contributed by atoms with van der Waals surface area (Å²) in [5.74, 6) is 2.53. The normalized spacial score (nSPS) is 30.6. The smallest absolute Gasteiger partial charge is 0.0851 e. The van der Waals surface area contributed by atoms with Crippen molar-refractivity contribution in [2.24, 2.45) is 5.41 Å². The Labute approximate surface area is 104 Å². The number of thioether (sulfide) groups is 1. The monoisotopic (exact) mass is 243 g/mol. The molecule has 0 aromatic carbocycles. The predicted molar refractivity (Wildman–Crippen MR) is 71.1 cm³/mol. The highest BCUT2D eigenvalue weighted by Crippen LogP contribution is 2.38. The molecule has 2 aliphatic heterocycles. The Balaban J connectivity index is 2.06. The second kappa shape index (κ2) is 4.87. The molecular weight excluding hydrogens is 218 g/mol. The summed E-state index contributed by atoms with van der Waals surface area (Å²) in [7, 11) is 0. The fourth-order valence-electron chi connectivity index (χ4n) is 2.85. The first-order valence-corrected chi connectivity index (χ1v) is 7.62. The van der Waals surface area contributed by atoms with E-state index in [1.807, 2.05) is 0 Å². The summed E-state index contributed by atoms with van der Waals surface area (Å²) in [6.45, 7) is 8.90. The number of hydrogen-bond donors (Lipinski definition) is 1. The minimum absolute atomic E-state index is 0.150. The van der Waals surface area contributed by atoms with Crippen molar-refractivity contribution < 1.29 is 4.74 Å². The van der Waals surface area contributed by atoms with Gasteiger partial charge in [0.15, 0.2) is 0 Å². The first kappa shape index (κ1) is 12.7. The lowest BCUT2D eigenvalue weighted by Crippen LogP contribution is -2.60. The van der Waals surface area contributed by atoms with Crippen molar-refractivity contribution in [3.63, 3.8) is 0 Å². The molecule has 16 heavy (non-hydrogen) atoms. The molecule has 1 atom stereocenters. The van der Waals surface area contributed by atoms with Crippen molar-refractivity contribution in [1.82, 2.24) is 5.32 Å². The van der Waals surface area contributed by atoms with Crippen molar-refractivity contribution in [2.75, 3.05) is 24.7 Å². The second-order valence-corrected chi connectivity index (χ2v) is 7.52. The second-order valence-electron chi connectivity index (χ2n) is 6.30. The van der Waals surface area contributed by atoms with E-state index in [0.29, 0.717) is 11.5 Å². The lowest BCUT2D eigenvalue weighted by molar-refractivity contribution is -0.109. The fourth-order valence-corrected chi connectivity index (χ4v) is 4.04. The summed E-state index contributed by atoms with van der Waals surface area (Å²) in [4.78, 5) is 0. The van der Waals surface area contributed by atoms with E-state index in [1.165, 1.54) is 30.8 Å². The van der Waals surface area contributed by atoms with Gasteiger partial charge in [0, 0.05) is 12.6 Å². The summed E-state index contributed by atoms with van der Waals surface area (Å²) in [6.07, 6.45) is 3.68. The molecule has 3 heteroatoms. The topological polar surface area (TPSA) is 21.3 Å². The summed E-state index contributed by atoms with van der Waals surface area (Å²) >= 11 is 2.07. The van der Waals surface area contributed by atoms with Crippen molar-refractivity contribution in [2.45, 2.75) is 51.7 Å². The number of ether oxygens (including phenoxy) is 1. The van der Waals surface area contributed by atoms with Gasteiger partial charge in [-0.2, -0.15) is 11.8 Å². The van der Waals surface area contributed by atoms with Gasteiger partial charge in [0.25, 0.3) is 0 Å². The maximum Gasteiger partial charge on any atom is 0.0851 e. The molecule has 1 unspecified atom stereocenters. The molecule has 0 radical (unpaired) electrons. The molecule has 2 aliphatic rings. The Morgan fingerprint density at radius 2 is 2.00 bits per heavy atom. The van der Waals surface area contributed by atoms with E-state index < -0.39 is 0 Å². The molecule has 94 valence electrons. The summed E-state index contributed by atoms with van der Waals surface area (Å²) < 4.78 is 6.19. The van der Waals surface area contributed by atoms with Crippen LogP contribution in [0.3, 0.4) is 0 Å². The Morgan fingerprint density at radius 1 is 1.31 bits per heavy atom. The van der Waals surface area contributed by atoms with Crippen LogP contribution in [0, 0.1) is 5.41 Å². The first-order valence-electron chi connectivity index (χ1n) is 6.47. The van der Waals surface area contributed by atoms with Crippen LogP contribution in [0.25, 0.3) is 0 Å². The van der Waals surface area contributed by atoms with Gasteiger partial charge in [-0.15, -0.1) is 0 Å². The van der Waals surface area contributed by atoms with E-state index in [0.717, 1.165) is 13.2 Å². The minimum atomic E-state index is 0.150. The van der Waals surface area contributed by atoms with Gasteiger partial charge in [0.2, 0.25) is 0 Å². The zero-order valence-electron chi connectivity index (χ0n) is 10.8. The number of rotatable bonds is 1. The van der Waals surface area contributed by atoms with Crippen LogP contribution in [0.2, 0.25) is 0 Å². The first-order chi connectivity index (χ1) is 7.52. The van der Waals surface area contributed by atoms with Crippen LogP contribution in [0.5, 0.6) is 0 Å². The van der Waals surface area contributed by atoms with Crippen molar-refractivity contribution in [3.05, 3.63) is 0 Å². The SMILES string of the molecule is CC(C)(C)CC1NCCOC12CCSCC2. The summed E-state index contributed by atoms with van der Waals surface area (Å²) in [6, 6.07) is 0.558. The van der Waals surface area contributed by atoms with Gasteiger partial charge in [-0.1, -0.05) is 20.8 Å². The largest absolute Gasteiger partial charge is 0.372 e. The third kappa shape index (κ3) is 2.93. The zero-order valence-corrected chi connectivity index (χ0v) is 11.7. The molecule has 2 nitrogen and oxygen atoms in total. The highest BCUT2D eigenvalue weighted by atomic mass is 32.2. The average Bonchev–Trinajstić information content (AvgIpc) is 2.21. The molecule has 2 heterocycles. The Kier molecular flexibility index (Phi) is 3.87. The van der Waals surface area contributed by atoms with E-state index in [2.05, 4.69) is 37.8 Å². The van der Waals surface area contributed by atoms with E-state index in [4.69, 9.17) is 4.74 Å². The van der Waals surface area contributed by atoms with Crippen molar-refractivity contribution in [3.8, 4) is 0 Å². The molecule has 0 aliphatic carbocycles. The van der Waals surface area contributed by atoms with Crippen LogP contribution in [-0.4, -0.2) is 36.3 Å². The average molecular weight is 243 g/mol. The number of nitrogens with one attached hydrogen (secondary N) is 1. The van der Waals surface area contributed by atoms with Crippen molar-refractivity contribution in [1.29, 1.82) is 0 Å². The lowest BCUT2D eigenvalue weighted by atomic mass is 9.77. The summed E-state index contributed by atoms with van der Waals surface area (Å²) in [5, 5.41) is 3.70. The molecule has 2 fully saturated rings. The van der Waals surface area contributed by atoms with Crippen LogP contribution in [-0.2, 0) is 4.74 Å². The highest BCUT2D eigenvalue weighted by Gasteiger charge is 2.44. The molecule has 0 bridgehead atoms. The number of morpholine rings is 1. The fraction of sp³-hybridized carbons (Fsp3) is 1.00. The number of hydrogen-bond acceptors (Lipinski definition) is 3. The molecule has 0 aromatic rings. The zero-order chi connectivity index (χ0) is 11.6. The molecule has 1 spiro atoms. The Bertz CT molecular complexity index is 222. The molecule has 0 amide bonds. The van der Waals surface area contributed by atoms with Gasteiger partial charge < -0.3 is 10.1 Å². The molecule has 0 aromatic heterocycles.